The number of phenolic OH excluding ortho intramolecular Hbond substituents is 1. The van der Waals surface area contributed by atoms with E-state index in [4.69, 9.17) is 10.8 Å². The summed E-state index contributed by atoms with van der Waals surface area (Å²) in [5.74, 6) is -4.90. The molecule has 0 aliphatic heterocycles. The Labute approximate surface area is 238 Å². The molecule has 2 rings (SSSR count). The lowest BCUT2D eigenvalue weighted by atomic mass is 9.98. The number of carbonyl (C=O) groups excluding carboxylic acids is 3. The molecule has 0 aliphatic carbocycles. The molecule has 41 heavy (non-hydrogen) atoms. The van der Waals surface area contributed by atoms with Crippen LogP contribution in [0.15, 0.2) is 54.6 Å². The highest BCUT2D eigenvalue weighted by atomic mass is 16.4. The average Bonchev–Trinajstić information content (AvgIpc) is 2.94. The first kappa shape index (κ1) is 32.8. The minimum absolute atomic E-state index is 0.00403. The highest BCUT2D eigenvalue weighted by Crippen LogP contribution is 2.13. The highest BCUT2D eigenvalue weighted by Gasteiger charge is 2.31. The van der Waals surface area contributed by atoms with E-state index in [9.17, 15) is 34.2 Å². The number of carboxylic acid groups (broad SMARTS) is 2. The van der Waals surface area contributed by atoms with E-state index in [-0.39, 0.29) is 30.9 Å². The van der Waals surface area contributed by atoms with Crippen LogP contribution in [-0.2, 0) is 36.8 Å². The molecule has 0 saturated heterocycles. The number of nitrogens with two attached hydrogens (primary N) is 1. The molecule has 12 heteroatoms. The van der Waals surface area contributed by atoms with Crippen molar-refractivity contribution in [1.82, 2.24) is 16.0 Å². The smallest absolute Gasteiger partial charge is 0.326 e. The van der Waals surface area contributed by atoms with E-state index in [2.05, 4.69) is 16.0 Å². The van der Waals surface area contributed by atoms with Gasteiger partial charge in [-0.25, -0.2) is 4.79 Å². The topological polar surface area (TPSA) is 208 Å². The number of amides is 3. The summed E-state index contributed by atoms with van der Waals surface area (Å²) >= 11 is 0. The maximum Gasteiger partial charge on any atom is 0.326 e. The van der Waals surface area contributed by atoms with Crippen LogP contribution in [0.3, 0.4) is 0 Å². The third-order valence-electron chi connectivity index (χ3n) is 6.75. The second-order valence-corrected chi connectivity index (χ2v) is 9.93. The van der Waals surface area contributed by atoms with Crippen molar-refractivity contribution in [3.8, 4) is 5.75 Å². The lowest BCUT2D eigenvalue weighted by Gasteiger charge is -2.26. The quantitative estimate of drug-likeness (QED) is 0.153. The summed E-state index contributed by atoms with van der Waals surface area (Å²) in [6, 6.07) is 9.73. The second-order valence-electron chi connectivity index (χ2n) is 9.93. The van der Waals surface area contributed by atoms with Crippen LogP contribution in [0.5, 0.6) is 5.75 Å². The van der Waals surface area contributed by atoms with E-state index in [1.165, 1.54) is 24.3 Å². The summed E-state index contributed by atoms with van der Waals surface area (Å²) in [6.07, 6.45) is -0.165. The molecule has 0 heterocycles. The van der Waals surface area contributed by atoms with Crippen molar-refractivity contribution in [1.29, 1.82) is 0 Å². The minimum atomic E-state index is -1.35. The fourth-order valence-corrected chi connectivity index (χ4v) is 3.99. The largest absolute Gasteiger partial charge is 0.508 e. The zero-order valence-electron chi connectivity index (χ0n) is 23.1. The number of carbonyl (C=O) groups is 5. The lowest BCUT2D eigenvalue weighted by molar-refractivity contribution is -0.142. The van der Waals surface area contributed by atoms with Crippen molar-refractivity contribution in [3.05, 3.63) is 65.7 Å². The minimum Gasteiger partial charge on any atom is -0.508 e. The number of hydrogen-bond donors (Lipinski definition) is 7. The van der Waals surface area contributed by atoms with Gasteiger partial charge in [0.1, 0.15) is 23.9 Å². The Bertz CT molecular complexity index is 1190. The third-order valence-corrected chi connectivity index (χ3v) is 6.75. The zero-order chi connectivity index (χ0) is 30.5. The Morgan fingerprint density at radius 3 is 1.83 bits per heavy atom. The summed E-state index contributed by atoms with van der Waals surface area (Å²) in [6.45, 7) is 3.62. The normalized spacial score (nSPS) is 14.5. The first-order valence-electron chi connectivity index (χ1n) is 13.3. The van der Waals surface area contributed by atoms with Gasteiger partial charge in [-0.3, -0.25) is 19.2 Å². The van der Waals surface area contributed by atoms with Crippen LogP contribution in [0.2, 0.25) is 0 Å². The first-order chi connectivity index (χ1) is 19.4. The molecule has 5 unspecified atom stereocenters. The summed E-state index contributed by atoms with van der Waals surface area (Å²) < 4.78 is 0. The molecule has 2 aromatic rings. The van der Waals surface area contributed by atoms with Crippen LogP contribution >= 0.6 is 0 Å². The molecule has 12 nitrogen and oxygen atoms in total. The Morgan fingerprint density at radius 2 is 1.27 bits per heavy atom. The number of benzene rings is 2. The van der Waals surface area contributed by atoms with Gasteiger partial charge in [-0.05, 0) is 35.6 Å². The molecule has 0 fully saturated rings. The van der Waals surface area contributed by atoms with Gasteiger partial charge in [0.25, 0.3) is 0 Å². The summed E-state index contributed by atoms with van der Waals surface area (Å²) in [4.78, 5) is 62.6. The number of aromatic hydroxyl groups is 1. The van der Waals surface area contributed by atoms with E-state index in [1.54, 1.807) is 37.3 Å². The van der Waals surface area contributed by atoms with Crippen molar-refractivity contribution in [2.24, 2.45) is 11.7 Å². The van der Waals surface area contributed by atoms with Gasteiger partial charge in [-0.2, -0.15) is 0 Å². The van der Waals surface area contributed by atoms with Crippen LogP contribution in [0.1, 0.15) is 44.2 Å². The molecule has 3 amide bonds. The molecule has 0 spiro atoms. The predicted octanol–water partition coefficient (Wildman–Crippen LogP) is 0.955. The van der Waals surface area contributed by atoms with Gasteiger partial charge < -0.3 is 37.0 Å². The Balaban J connectivity index is 2.27. The molecule has 0 saturated carbocycles. The maximum absolute atomic E-state index is 13.4. The van der Waals surface area contributed by atoms with Gasteiger partial charge in [-0.1, -0.05) is 62.7 Å². The standard InChI is InChI=1S/C29H38N4O8/c1-3-17(2)25(30)28(39)31-21(13-14-24(35)36)26(37)32-22(15-18-7-5-4-6-8-18)27(38)33-23(29(40)41)16-19-9-11-20(34)12-10-19/h4-12,17,21-23,25,34H,3,13-16,30H2,1-2H3,(H,31,39)(H,32,37)(H,33,38)(H,35,36)(H,40,41). The predicted molar refractivity (Wildman–Crippen MR) is 150 cm³/mol. The van der Waals surface area contributed by atoms with Crippen molar-refractivity contribution in [2.45, 2.75) is 70.1 Å². The van der Waals surface area contributed by atoms with Gasteiger partial charge >= 0.3 is 11.9 Å². The number of phenols is 1. The molecule has 0 aromatic heterocycles. The van der Waals surface area contributed by atoms with Crippen molar-refractivity contribution >= 4 is 29.7 Å². The van der Waals surface area contributed by atoms with Crippen molar-refractivity contribution < 1.29 is 39.3 Å². The van der Waals surface area contributed by atoms with Crippen LogP contribution in [-0.4, -0.2) is 69.1 Å². The number of hydrogen-bond acceptors (Lipinski definition) is 7. The number of aliphatic carboxylic acids is 2. The van der Waals surface area contributed by atoms with Gasteiger partial charge in [0, 0.05) is 19.3 Å². The highest BCUT2D eigenvalue weighted by molar-refractivity contribution is 5.94. The summed E-state index contributed by atoms with van der Waals surface area (Å²) in [7, 11) is 0. The molecular formula is C29H38N4O8. The van der Waals surface area contributed by atoms with Gasteiger partial charge in [-0.15, -0.1) is 0 Å². The van der Waals surface area contributed by atoms with Crippen LogP contribution in [0, 0.1) is 5.92 Å². The van der Waals surface area contributed by atoms with Crippen LogP contribution in [0.4, 0.5) is 0 Å². The van der Waals surface area contributed by atoms with Gasteiger partial charge in [0.05, 0.1) is 6.04 Å². The average molecular weight is 571 g/mol. The Morgan fingerprint density at radius 1 is 0.756 bits per heavy atom. The zero-order valence-corrected chi connectivity index (χ0v) is 23.1. The van der Waals surface area contributed by atoms with E-state index < -0.39 is 60.2 Å². The molecule has 5 atom stereocenters. The molecule has 2 aromatic carbocycles. The van der Waals surface area contributed by atoms with Gasteiger partial charge in [0.15, 0.2) is 0 Å². The van der Waals surface area contributed by atoms with E-state index in [0.717, 1.165) is 0 Å². The van der Waals surface area contributed by atoms with Gasteiger partial charge in [0.2, 0.25) is 17.7 Å². The Hall–Kier alpha value is -4.45. The molecule has 0 aliphatic rings. The van der Waals surface area contributed by atoms with E-state index >= 15 is 0 Å². The molecule has 8 N–H and O–H groups in total. The second kappa shape index (κ2) is 16.0. The van der Waals surface area contributed by atoms with E-state index in [0.29, 0.717) is 17.5 Å². The number of carboxylic acids is 2. The summed E-state index contributed by atoms with van der Waals surface area (Å²) in [5, 5.41) is 35.9. The van der Waals surface area contributed by atoms with E-state index in [1.807, 2.05) is 6.92 Å². The molecular weight excluding hydrogens is 532 g/mol. The molecule has 222 valence electrons. The fourth-order valence-electron chi connectivity index (χ4n) is 3.99. The number of nitrogens with one attached hydrogen (secondary N) is 3. The summed E-state index contributed by atoms with van der Waals surface area (Å²) in [5.41, 5.74) is 7.21. The molecule has 0 radical (unpaired) electrons. The SMILES string of the molecule is CCC(C)C(N)C(=O)NC(CCC(=O)O)C(=O)NC(Cc1ccccc1)C(=O)NC(Cc1ccc(O)cc1)C(=O)O. The fraction of sp³-hybridized carbons (Fsp3) is 0.414. The van der Waals surface area contributed by atoms with Crippen molar-refractivity contribution in [2.75, 3.05) is 0 Å². The number of rotatable bonds is 16. The third kappa shape index (κ3) is 10.9. The van der Waals surface area contributed by atoms with Crippen LogP contribution < -0.4 is 21.7 Å². The maximum atomic E-state index is 13.4. The van der Waals surface area contributed by atoms with Crippen molar-refractivity contribution in [3.63, 3.8) is 0 Å². The monoisotopic (exact) mass is 570 g/mol. The Kier molecular flexibility index (Phi) is 12.8. The van der Waals surface area contributed by atoms with Crippen LogP contribution in [0.25, 0.3) is 0 Å². The molecule has 0 bridgehead atoms. The first-order valence-corrected chi connectivity index (χ1v) is 13.3. The lowest BCUT2D eigenvalue weighted by Crippen LogP contribution is -2.58.